The van der Waals surface area contributed by atoms with Crippen LogP contribution in [0.25, 0.3) is 0 Å². The Labute approximate surface area is 185 Å². The highest BCUT2D eigenvalue weighted by molar-refractivity contribution is 5.92. The van der Waals surface area contributed by atoms with Gasteiger partial charge < -0.3 is 38.0 Å². The Morgan fingerprint density at radius 3 is 2.12 bits per heavy atom. The van der Waals surface area contributed by atoms with E-state index in [0.29, 0.717) is 12.0 Å². The van der Waals surface area contributed by atoms with Crippen molar-refractivity contribution in [3.8, 4) is 0 Å². The van der Waals surface area contributed by atoms with E-state index < -0.39 is 41.9 Å². The zero-order valence-corrected chi connectivity index (χ0v) is 17.6. The van der Waals surface area contributed by atoms with E-state index >= 15 is 0 Å². The second kappa shape index (κ2) is 13.6. The van der Waals surface area contributed by atoms with Gasteiger partial charge in [-0.1, -0.05) is 30.3 Å². The van der Waals surface area contributed by atoms with Crippen LogP contribution in [-0.4, -0.2) is 64.6 Å². The molecule has 0 saturated heterocycles. The van der Waals surface area contributed by atoms with Crippen LogP contribution in [-0.2, 0) is 25.6 Å². The zero-order valence-electron chi connectivity index (χ0n) is 17.6. The van der Waals surface area contributed by atoms with Crippen LogP contribution in [0.2, 0.25) is 0 Å². The van der Waals surface area contributed by atoms with Gasteiger partial charge in [0.05, 0.1) is 6.04 Å². The SMILES string of the molecule is NC(N)=NCCC[C@H](NC(=O)[C@@H](N)CCC(=O)O)C(=O)N[C@@H](Cc1ccccc1)C(=O)O. The summed E-state index contributed by atoms with van der Waals surface area (Å²) in [5.41, 5.74) is 17.0. The average molecular weight is 450 g/mol. The second-order valence-corrected chi connectivity index (χ2v) is 7.14. The van der Waals surface area contributed by atoms with Crippen molar-refractivity contribution in [2.24, 2.45) is 22.2 Å². The predicted molar refractivity (Wildman–Crippen MR) is 116 cm³/mol. The summed E-state index contributed by atoms with van der Waals surface area (Å²) in [5.74, 6) is -3.89. The number of aliphatic carboxylic acids is 2. The van der Waals surface area contributed by atoms with Gasteiger partial charge in [-0.2, -0.15) is 0 Å². The van der Waals surface area contributed by atoms with Crippen LogP contribution in [0.5, 0.6) is 0 Å². The summed E-state index contributed by atoms with van der Waals surface area (Å²) in [6.45, 7) is 0.194. The van der Waals surface area contributed by atoms with E-state index in [2.05, 4.69) is 15.6 Å². The lowest BCUT2D eigenvalue weighted by Crippen LogP contribution is -2.54. The molecule has 12 nitrogen and oxygen atoms in total. The number of nitrogens with one attached hydrogen (secondary N) is 2. The van der Waals surface area contributed by atoms with Crippen molar-refractivity contribution in [2.45, 2.75) is 50.2 Å². The van der Waals surface area contributed by atoms with E-state index in [1.165, 1.54) is 0 Å². The third-order valence-corrected chi connectivity index (χ3v) is 4.48. The number of carbonyl (C=O) groups excluding carboxylic acids is 2. The fourth-order valence-corrected chi connectivity index (χ4v) is 2.78. The third kappa shape index (κ3) is 10.4. The normalized spacial score (nSPS) is 13.3. The first-order chi connectivity index (χ1) is 15.1. The maximum absolute atomic E-state index is 12.8. The summed E-state index contributed by atoms with van der Waals surface area (Å²) in [4.78, 5) is 51.3. The van der Waals surface area contributed by atoms with E-state index in [4.69, 9.17) is 22.3 Å². The molecule has 0 heterocycles. The number of nitrogens with zero attached hydrogens (tertiary/aromatic N) is 1. The van der Waals surface area contributed by atoms with Gasteiger partial charge in [-0.3, -0.25) is 19.4 Å². The molecule has 176 valence electrons. The van der Waals surface area contributed by atoms with Crippen molar-refractivity contribution in [1.82, 2.24) is 10.6 Å². The van der Waals surface area contributed by atoms with Gasteiger partial charge >= 0.3 is 11.9 Å². The highest BCUT2D eigenvalue weighted by Gasteiger charge is 2.28. The van der Waals surface area contributed by atoms with E-state index in [-0.39, 0.29) is 38.2 Å². The summed E-state index contributed by atoms with van der Waals surface area (Å²) < 4.78 is 0. The lowest BCUT2D eigenvalue weighted by molar-refractivity contribution is -0.142. The Kier molecular flexibility index (Phi) is 11.2. The van der Waals surface area contributed by atoms with Crippen LogP contribution >= 0.6 is 0 Å². The molecule has 0 aliphatic rings. The summed E-state index contributed by atoms with van der Waals surface area (Å²) in [6.07, 6.45) is 0.0484. The lowest BCUT2D eigenvalue weighted by atomic mass is 10.0. The van der Waals surface area contributed by atoms with E-state index in [9.17, 15) is 24.3 Å². The Morgan fingerprint density at radius 1 is 0.938 bits per heavy atom. The summed E-state index contributed by atoms with van der Waals surface area (Å²) in [5, 5.41) is 23.1. The average Bonchev–Trinajstić information content (AvgIpc) is 2.73. The third-order valence-electron chi connectivity index (χ3n) is 4.48. The van der Waals surface area contributed by atoms with Crippen LogP contribution in [0.3, 0.4) is 0 Å². The molecule has 0 spiro atoms. The molecule has 2 amide bonds. The smallest absolute Gasteiger partial charge is 0.326 e. The Morgan fingerprint density at radius 2 is 1.56 bits per heavy atom. The molecule has 0 unspecified atom stereocenters. The van der Waals surface area contributed by atoms with E-state index in [1.807, 2.05) is 0 Å². The molecule has 0 aromatic heterocycles. The van der Waals surface area contributed by atoms with Crippen LogP contribution in [0.15, 0.2) is 35.3 Å². The Balaban J connectivity index is 2.86. The maximum atomic E-state index is 12.8. The van der Waals surface area contributed by atoms with Crippen molar-refractivity contribution in [1.29, 1.82) is 0 Å². The first kappa shape index (κ1) is 26.4. The quantitative estimate of drug-likeness (QED) is 0.0996. The van der Waals surface area contributed by atoms with Gasteiger partial charge in [0, 0.05) is 19.4 Å². The topological polar surface area (TPSA) is 223 Å². The molecule has 0 bridgehead atoms. The second-order valence-electron chi connectivity index (χ2n) is 7.14. The van der Waals surface area contributed by atoms with Crippen molar-refractivity contribution in [3.63, 3.8) is 0 Å². The molecule has 1 aromatic carbocycles. The molecular formula is C20H30N6O6. The number of guanidine groups is 1. The van der Waals surface area contributed by atoms with Gasteiger partial charge in [0.25, 0.3) is 0 Å². The number of amides is 2. The molecule has 32 heavy (non-hydrogen) atoms. The summed E-state index contributed by atoms with van der Waals surface area (Å²) in [7, 11) is 0. The predicted octanol–water partition coefficient (Wildman–Crippen LogP) is -1.47. The molecule has 12 heteroatoms. The van der Waals surface area contributed by atoms with Gasteiger partial charge in [-0.05, 0) is 24.8 Å². The minimum atomic E-state index is -1.23. The molecule has 3 atom stereocenters. The van der Waals surface area contributed by atoms with Crippen LogP contribution in [0, 0.1) is 0 Å². The van der Waals surface area contributed by atoms with Gasteiger partial charge in [-0.25, -0.2) is 4.79 Å². The monoisotopic (exact) mass is 450 g/mol. The molecule has 0 fully saturated rings. The number of nitrogens with two attached hydrogens (primary N) is 3. The van der Waals surface area contributed by atoms with E-state index in [1.54, 1.807) is 30.3 Å². The number of carboxylic acid groups (broad SMARTS) is 2. The number of carbonyl (C=O) groups is 4. The molecule has 0 aliphatic carbocycles. The van der Waals surface area contributed by atoms with Crippen LogP contribution < -0.4 is 27.8 Å². The minimum absolute atomic E-state index is 0.0503. The van der Waals surface area contributed by atoms with Gasteiger partial charge in [-0.15, -0.1) is 0 Å². The molecule has 10 N–H and O–H groups in total. The largest absolute Gasteiger partial charge is 0.481 e. The first-order valence-electron chi connectivity index (χ1n) is 10.0. The van der Waals surface area contributed by atoms with Crippen molar-refractivity contribution < 1.29 is 29.4 Å². The van der Waals surface area contributed by atoms with Gasteiger partial charge in [0.15, 0.2) is 5.96 Å². The molecule has 0 saturated carbocycles. The van der Waals surface area contributed by atoms with Crippen molar-refractivity contribution >= 4 is 29.7 Å². The number of aliphatic imine (C=N–C) groups is 1. The standard InChI is InChI=1S/C20H30N6O6/c21-13(8-9-16(27)28)17(29)25-14(7-4-10-24-20(22)23)18(30)26-15(19(31)32)11-12-5-2-1-3-6-12/h1-3,5-6,13-15H,4,7-11,21H2,(H,25,29)(H,26,30)(H,27,28)(H,31,32)(H4,22,23,24)/t13-,14-,15-/m0/s1. The first-order valence-corrected chi connectivity index (χ1v) is 10.0. The zero-order chi connectivity index (χ0) is 24.1. The Hall–Kier alpha value is -3.67. The van der Waals surface area contributed by atoms with Crippen molar-refractivity contribution in [3.05, 3.63) is 35.9 Å². The highest BCUT2D eigenvalue weighted by atomic mass is 16.4. The number of rotatable bonds is 14. The van der Waals surface area contributed by atoms with Crippen LogP contribution in [0.4, 0.5) is 0 Å². The van der Waals surface area contributed by atoms with Gasteiger partial charge in [0.2, 0.25) is 11.8 Å². The number of benzene rings is 1. The summed E-state index contributed by atoms with van der Waals surface area (Å²) in [6, 6.07) is 5.29. The highest BCUT2D eigenvalue weighted by Crippen LogP contribution is 2.06. The molecule has 0 aliphatic heterocycles. The molecule has 1 rings (SSSR count). The van der Waals surface area contributed by atoms with Crippen molar-refractivity contribution in [2.75, 3.05) is 6.54 Å². The number of carboxylic acids is 2. The maximum Gasteiger partial charge on any atom is 0.326 e. The Bertz CT molecular complexity index is 812. The van der Waals surface area contributed by atoms with Gasteiger partial charge in [0.1, 0.15) is 12.1 Å². The minimum Gasteiger partial charge on any atom is -0.481 e. The molecular weight excluding hydrogens is 420 g/mol. The van der Waals surface area contributed by atoms with Crippen LogP contribution in [0.1, 0.15) is 31.2 Å². The van der Waals surface area contributed by atoms with E-state index in [0.717, 1.165) is 0 Å². The molecule has 0 radical (unpaired) electrons. The molecule has 1 aromatic rings. The summed E-state index contributed by atoms with van der Waals surface area (Å²) >= 11 is 0. The number of hydrogen-bond acceptors (Lipinski definition) is 6. The fourth-order valence-electron chi connectivity index (χ4n) is 2.78. The lowest BCUT2D eigenvalue weighted by Gasteiger charge is -2.23. The fraction of sp³-hybridized carbons (Fsp3) is 0.450. The number of hydrogen-bond donors (Lipinski definition) is 7.